The Bertz CT molecular complexity index is 1140. The normalized spacial score (nSPS) is 15.0. The van der Waals surface area contributed by atoms with Crippen LogP contribution < -0.4 is 14.2 Å². The molecule has 3 rings (SSSR count). The molecule has 32 heavy (non-hydrogen) atoms. The monoisotopic (exact) mass is 475 g/mol. The number of non-ortho nitro benzene ring substituents is 1. The molecule has 0 spiro atoms. The largest absolute Gasteiger partial charge is 0.507 e. The van der Waals surface area contributed by atoms with Crippen LogP contribution in [0.15, 0.2) is 40.3 Å². The van der Waals surface area contributed by atoms with E-state index >= 15 is 0 Å². The Morgan fingerprint density at radius 2 is 1.81 bits per heavy atom. The molecule has 2 aromatic carbocycles. The van der Waals surface area contributed by atoms with Crippen molar-refractivity contribution in [1.82, 2.24) is 5.01 Å². The molecule has 1 fully saturated rings. The molecule has 0 aliphatic carbocycles. The highest BCUT2D eigenvalue weighted by molar-refractivity contribution is 8.26. The Kier molecular flexibility index (Phi) is 6.95. The molecular weight excluding hydrogens is 458 g/mol. The Hall–Kier alpha value is -3.64. The molecule has 0 aromatic heterocycles. The summed E-state index contributed by atoms with van der Waals surface area (Å²) >= 11 is 6.27. The summed E-state index contributed by atoms with van der Waals surface area (Å²) in [5.41, 5.74) is 0.458. The van der Waals surface area contributed by atoms with Crippen molar-refractivity contribution in [3.63, 3.8) is 0 Å². The molecule has 12 heteroatoms. The number of rotatable bonds is 7. The Labute approximate surface area is 192 Å². The lowest BCUT2D eigenvalue weighted by Gasteiger charge is -2.13. The molecule has 0 radical (unpaired) electrons. The number of carbonyl (C=O) groups is 1. The molecule has 1 N–H and O–H groups in total. The number of phenolic OH excluding ortho intramolecular Hbond substituents is 1. The van der Waals surface area contributed by atoms with Crippen molar-refractivity contribution >= 4 is 52.2 Å². The number of phenols is 1. The minimum atomic E-state index is -0.601. The number of benzene rings is 2. The van der Waals surface area contributed by atoms with Crippen LogP contribution in [0, 0.1) is 10.1 Å². The second-order valence-corrected chi connectivity index (χ2v) is 7.87. The van der Waals surface area contributed by atoms with E-state index < -0.39 is 10.8 Å². The van der Waals surface area contributed by atoms with Gasteiger partial charge in [-0.3, -0.25) is 14.9 Å². The van der Waals surface area contributed by atoms with E-state index in [-0.39, 0.29) is 21.3 Å². The van der Waals surface area contributed by atoms with Crippen molar-refractivity contribution in [1.29, 1.82) is 0 Å². The van der Waals surface area contributed by atoms with Crippen LogP contribution in [0.25, 0.3) is 6.08 Å². The summed E-state index contributed by atoms with van der Waals surface area (Å²) in [6.45, 7) is 0. The smallest absolute Gasteiger partial charge is 0.286 e. The number of methoxy groups -OCH3 is 3. The number of nitrogens with zero attached hydrogens (tertiary/aromatic N) is 3. The van der Waals surface area contributed by atoms with Crippen LogP contribution in [0.4, 0.5) is 5.69 Å². The number of carbonyl (C=O) groups excluding carboxylic acids is 1. The molecular formula is C20H17N3O7S2. The predicted octanol–water partition coefficient (Wildman–Crippen LogP) is 3.56. The lowest BCUT2D eigenvalue weighted by molar-refractivity contribution is -0.384. The molecule has 1 aliphatic heterocycles. The zero-order chi connectivity index (χ0) is 23.4. The van der Waals surface area contributed by atoms with Crippen molar-refractivity contribution < 1.29 is 29.0 Å². The van der Waals surface area contributed by atoms with Crippen molar-refractivity contribution in [2.45, 2.75) is 0 Å². The maximum atomic E-state index is 12.8. The predicted molar refractivity (Wildman–Crippen MR) is 123 cm³/mol. The summed E-state index contributed by atoms with van der Waals surface area (Å²) in [5, 5.41) is 25.8. The number of thiocarbonyl (C=S) groups is 1. The van der Waals surface area contributed by atoms with Gasteiger partial charge in [-0.2, -0.15) is 10.1 Å². The fraction of sp³-hybridized carbons (Fsp3) is 0.150. The van der Waals surface area contributed by atoms with Crippen molar-refractivity contribution in [3.8, 4) is 23.0 Å². The number of hydrazone groups is 1. The van der Waals surface area contributed by atoms with Gasteiger partial charge in [-0.1, -0.05) is 11.8 Å². The highest BCUT2D eigenvalue weighted by Crippen LogP contribution is 2.40. The SMILES string of the molecule is COc1cc(/C=C2\SC(=S)N(N=Cc3cc([N+](=O)[O-])ccc3O)C2=O)cc(OC)c1OC. The maximum absolute atomic E-state index is 12.8. The van der Waals surface area contributed by atoms with Crippen LogP contribution in [-0.4, -0.2) is 52.8 Å². The minimum absolute atomic E-state index is 0.0712. The van der Waals surface area contributed by atoms with Gasteiger partial charge in [-0.15, -0.1) is 0 Å². The van der Waals surface area contributed by atoms with E-state index in [9.17, 15) is 20.0 Å². The van der Waals surface area contributed by atoms with Crippen LogP contribution in [-0.2, 0) is 4.79 Å². The van der Waals surface area contributed by atoms with E-state index in [1.807, 2.05) is 0 Å². The summed E-state index contributed by atoms with van der Waals surface area (Å²) in [6, 6.07) is 6.83. The average Bonchev–Trinajstić information content (AvgIpc) is 3.04. The lowest BCUT2D eigenvalue weighted by atomic mass is 10.1. The molecule has 0 atom stereocenters. The van der Waals surface area contributed by atoms with Gasteiger partial charge in [-0.25, -0.2) is 0 Å². The van der Waals surface area contributed by atoms with Gasteiger partial charge in [-0.05, 0) is 42.1 Å². The van der Waals surface area contributed by atoms with E-state index in [0.29, 0.717) is 27.7 Å². The molecule has 1 heterocycles. The third kappa shape index (κ3) is 4.65. The molecule has 10 nitrogen and oxygen atoms in total. The van der Waals surface area contributed by atoms with Crippen molar-refractivity contribution in [2.75, 3.05) is 21.3 Å². The molecule has 0 unspecified atom stereocenters. The Balaban J connectivity index is 1.90. The highest BCUT2D eigenvalue weighted by Gasteiger charge is 2.32. The zero-order valence-corrected chi connectivity index (χ0v) is 18.7. The second kappa shape index (κ2) is 9.66. The van der Waals surface area contributed by atoms with Gasteiger partial charge < -0.3 is 19.3 Å². The first-order valence-corrected chi connectivity index (χ1v) is 10.1. The fourth-order valence-corrected chi connectivity index (χ4v) is 3.95. The first kappa shape index (κ1) is 23.0. The molecule has 166 valence electrons. The molecule has 1 aliphatic rings. The highest BCUT2D eigenvalue weighted by atomic mass is 32.2. The number of aromatic hydroxyl groups is 1. The minimum Gasteiger partial charge on any atom is -0.507 e. The number of amides is 1. The van der Waals surface area contributed by atoms with E-state index in [1.165, 1.54) is 27.4 Å². The molecule has 1 saturated heterocycles. The van der Waals surface area contributed by atoms with E-state index in [0.717, 1.165) is 35.1 Å². The maximum Gasteiger partial charge on any atom is 0.286 e. The summed E-state index contributed by atoms with van der Waals surface area (Å²) in [6.07, 6.45) is 2.74. The number of nitro benzene ring substituents is 1. The summed E-state index contributed by atoms with van der Waals surface area (Å²) in [7, 11) is 4.46. The summed E-state index contributed by atoms with van der Waals surface area (Å²) in [4.78, 5) is 23.4. The van der Waals surface area contributed by atoms with Crippen LogP contribution in [0.5, 0.6) is 23.0 Å². The van der Waals surface area contributed by atoms with Gasteiger partial charge in [0.15, 0.2) is 15.8 Å². The van der Waals surface area contributed by atoms with Gasteiger partial charge >= 0.3 is 0 Å². The van der Waals surface area contributed by atoms with Crippen molar-refractivity contribution in [3.05, 3.63) is 56.5 Å². The molecule has 1 amide bonds. The van der Waals surface area contributed by atoms with Crippen LogP contribution in [0.3, 0.4) is 0 Å². The summed E-state index contributed by atoms with van der Waals surface area (Å²) in [5.74, 6) is 0.550. The van der Waals surface area contributed by atoms with E-state index in [4.69, 9.17) is 26.4 Å². The third-order valence-corrected chi connectivity index (χ3v) is 5.58. The van der Waals surface area contributed by atoms with Crippen LogP contribution in [0.1, 0.15) is 11.1 Å². The van der Waals surface area contributed by atoms with Gasteiger partial charge in [0, 0.05) is 17.7 Å². The van der Waals surface area contributed by atoms with E-state index in [1.54, 1.807) is 18.2 Å². The fourth-order valence-electron chi connectivity index (χ4n) is 2.77. The quantitative estimate of drug-likeness (QED) is 0.210. The van der Waals surface area contributed by atoms with E-state index in [2.05, 4.69) is 5.10 Å². The number of ether oxygens (including phenoxy) is 3. The van der Waals surface area contributed by atoms with Crippen LogP contribution >= 0.6 is 24.0 Å². The second-order valence-electron chi connectivity index (χ2n) is 6.20. The Morgan fingerprint density at radius 3 is 2.38 bits per heavy atom. The molecule has 0 saturated carbocycles. The standard InChI is InChI=1S/C20H17N3O7S2/c1-28-15-6-11(7-16(29-2)18(15)30-3)8-17-19(25)22(20(31)32-17)21-10-12-9-13(23(26)27)4-5-14(12)24/h4-10,24H,1-3H3/b17-8-,21-10?. The lowest BCUT2D eigenvalue weighted by Crippen LogP contribution is -2.22. The topological polar surface area (TPSA) is 124 Å². The van der Waals surface area contributed by atoms with Gasteiger partial charge in [0.25, 0.3) is 11.6 Å². The first-order valence-electron chi connectivity index (χ1n) is 8.88. The van der Waals surface area contributed by atoms with Gasteiger partial charge in [0.1, 0.15) is 5.75 Å². The van der Waals surface area contributed by atoms with Gasteiger partial charge in [0.05, 0.1) is 37.4 Å². The van der Waals surface area contributed by atoms with Crippen LogP contribution in [0.2, 0.25) is 0 Å². The summed E-state index contributed by atoms with van der Waals surface area (Å²) < 4.78 is 16.1. The molecule has 0 bridgehead atoms. The van der Waals surface area contributed by atoms with Crippen molar-refractivity contribution in [2.24, 2.45) is 5.10 Å². The zero-order valence-electron chi connectivity index (χ0n) is 17.1. The number of hydrogen-bond donors (Lipinski definition) is 1. The average molecular weight is 476 g/mol. The number of hydrogen-bond acceptors (Lipinski definition) is 10. The number of nitro groups is 1. The number of thioether (sulfide) groups is 1. The molecule has 2 aromatic rings. The third-order valence-electron chi connectivity index (χ3n) is 4.29. The van der Waals surface area contributed by atoms with Gasteiger partial charge in [0.2, 0.25) is 5.75 Å². The Morgan fingerprint density at radius 1 is 1.16 bits per heavy atom. The first-order chi connectivity index (χ1) is 15.3.